The molecule has 0 fully saturated rings. The Balaban J connectivity index is 3.68. The number of hydrogen-bond donors (Lipinski definition) is 0. The molecule has 10 heavy (non-hydrogen) atoms. The van der Waals surface area contributed by atoms with E-state index < -0.39 is 17.9 Å². The minimum Gasteiger partial charge on any atom is -0.456 e. The fourth-order valence-corrected chi connectivity index (χ4v) is 0.360. The summed E-state index contributed by atoms with van der Waals surface area (Å²) in [5, 5.41) is 0. The molecule has 0 aromatic rings. The SMILES string of the molecule is CC(=O)C(=O)OC(C)CCl. The molecule has 0 aliphatic carbocycles. The van der Waals surface area contributed by atoms with Gasteiger partial charge in [-0.25, -0.2) is 4.79 Å². The zero-order chi connectivity index (χ0) is 8.15. The maximum absolute atomic E-state index is 10.5. The lowest BCUT2D eigenvalue weighted by molar-refractivity contribution is -0.155. The van der Waals surface area contributed by atoms with Crippen LogP contribution in [0.2, 0.25) is 0 Å². The first-order valence-corrected chi connectivity index (χ1v) is 3.39. The van der Waals surface area contributed by atoms with E-state index in [-0.39, 0.29) is 5.88 Å². The minimum atomic E-state index is -0.826. The predicted molar refractivity (Wildman–Crippen MR) is 37.0 cm³/mol. The number of carbonyl (C=O) groups is 2. The Labute approximate surface area is 64.3 Å². The van der Waals surface area contributed by atoms with Gasteiger partial charge in [-0.15, -0.1) is 11.6 Å². The van der Waals surface area contributed by atoms with E-state index in [1.165, 1.54) is 0 Å². The van der Waals surface area contributed by atoms with Gasteiger partial charge in [0.25, 0.3) is 0 Å². The summed E-state index contributed by atoms with van der Waals surface area (Å²) in [6.45, 7) is 2.77. The molecule has 0 N–H and O–H groups in total. The zero-order valence-electron chi connectivity index (χ0n) is 5.89. The second-order valence-corrected chi connectivity index (χ2v) is 2.24. The highest BCUT2D eigenvalue weighted by Gasteiger charge is 2.12. The van der Waals surface area contributed by atoms with Crippen molar-refractivity contribution < 1.29 is 14.3 Å². The van der Waals surface area contributed by atoms with Crippen LogP contribution in [0.3, 0.4) is 0 Å². The Kier molecular flexibility index (Phi) is 4.03. The fourth-order valence-electron chi connectivity index (χ4n) is 0.297. The smallest absolute Gasteiger partial charge is 0.374 e. The normalized spacial score (nSPS) is 12.3. The number of ether oxygens (including phenoxy) is 1. The molecule has 0 aromatic heterocycles. The molecule has 3 nitrogen and oxygen atoms in total. The maximum Gasteiger partial charge on any atom is 0.374 e. The minimum absolute atomic E-state index is 0.207. The number of ketones is 1. The van der Waals surface area contributed by atoms with E-state index in [1.54, 1.807) is 6.92 Å². The molecule has 0 amide bonds. The number of halogens is 1. The Morgan fingerprint density at radius 1 is 1.60 bits per heavy atom. The van der Waals surface area contributed by atoms with E-state index in [2.05, 4.69) is 4.74 Å². The summed E-state index contributed by atoms with van der Waals surface area (Å²) in [7, 11) is 0. The molecule has 0 aliphatic rings. The summed E-state index contributed by atoms with van der Waals surface area (Å²) in [4.78, 5) is 20.8. The highest BCUT2D eigenvalue weighted by Crippen LogP contribution is 1.94. The topological polar surface area (TPSA) is 43.4 Å². The molecule has 0 saturated carbocycles. The molecule has 0 aliphatic heterocycles. The zero-order valence-corrected chi connectivity index (χ0v) is 6.64. The van der Waals surface area contributed by atoms with Crippen molar-refractivity contribution in [3.05, 3.63) is 0 Å². The van der Waals surface area contributed by atoms with Gasteiger partial charge in [-0.2, -0.15) is 0 Å². The average molecular weight is 165 g/mol. The van der Waals surface area contributed by atoms with Crippen molar-refractivity contribution >= 4 is 23.4 Å². The van der Waals surface area contributed by atoms with Crippen LogP contribution < -0.4 is 0 Å². The van der Waals surface area contributed by atoms with Gasteiger partial charge in [0.15, 0.2) is 0 Å². The summed E-state index contributed by atoms with van der Waals surface area (Å²) in [5.41, 5.74) is 0. The van der Waals surface area contributed by atoms with Crippen molar-refractivity contribution in [2.24, 2.45) is 0 Å². The molecule has 0 saturated heterocycles. The third-order valence-electron chi connectivity index (χ3n) is 0.813. The molecular weight excluding hydrogens is 156 g/mol. The molecule has 0 radical (unpaired) electrons. The molecular formula is C6H9ClO3. The third-order valence-corrected chi connectivity index (χ3v) is 1.25. The van der Waals surface area contributed by atoms with Gasteiger partial charge in [0.2, 0.25) is 5.78 Å². The number of esters is 1. The molecule has 0 heterocycles. The lowest BCUT2D eigenvalue weighted by Crippen LogP contribution is -2.21. The van der Waals surface area contributed by atoms with Crippen molar-refractivity contribution in [3.8, 4) is 0 Å². The Bertz CT molecular complexity index is 144. The van der Waals surface area contributed by atoms with E-state index >= 15 is 0 Å². The van der Waals surface area contributed by atoms with Crippen LogP contribution in [0.25, 0.3) is 0 Å². The lowest BCUT2D eigenvalue weighted by Gasteiger charge is -2.06. The van der Waals surface area contributed by atoms with Crippen LogP contribution in [0.5, 0.6) is 0 Å². The first kappa shape index (κ1) is 9.43. The molecule has 1 atom stereocenters. The standard InChI is InChI=1S/C6H9ClO3/c1-4(3-7)10-6(9)5(2)8/h4H,3H2,1-2H3. The summed E-state index contributed by atoms with van der Waals surface area (Å²) in [6.07, 6.45) is -0.391. The van der Waals surface area contributed by atoms with Gasteiger partial charge in [0.05, 0.1) is 5.88 Å². The molecule has 58 valence electrons. The number of alkyl halides is 1. The Hall–Kier alpha value is -0.570. The van der Waals surface area contributed by atoms with E-state index in [0.29, 0.717) is 0 Å². The molecule has 1 unspecified atom stereocenters. The van der Waals surface area contributed by atoms with Crippen LogP contribution in [-0.2, 0) is 14.3 Å². The molecule has 0 spiro atoms. The summed E-state index contributed by atoms with van der Waals surface area (Å²) in [6, 6.07) is 0. The highest BCUT2D eigenvalue weighted by atomic mass is 35.5. The molecule has 0 rings (SSSR count). The quantitative estimate of drug-likeness (QED) is 0.351. The molecule has 4 heteroatoms. The van der Waals surface area contributed by atoms with E-state index in [9.17, 15) is 9.59 Å². The van der Waals surface area contributed by atoms with Gasteiger partial charge < -0.3 is 4.74 Å². The summed E-state index contributed by atoms with van der Waals surface area (Å²) >= 11 is 5.31. The van der Waals surface area contributed by atoms with Gasteiger partial charge in [-0.3, -0.25) is 4.79 Å². The first-order valence-electron chi connectivity index (χ1n) is 2.85. The summed E-state index contributed by atoms with van der Waals surface area (Å²) in [5.74, 6) is -1.22. The van der Waals surface area contributed by atoms with Crippen molar-refractivity contribution in [3.63, 3.8) is 0 Å². The second-order valence-electron chi connectivity index (χ2n) is 1.93. The van der Waals surface area contributed by atoms with Crippen LogP contribution in [-0.4, -0.2) is 23.7 Å². The van der Waals surface area contributed by atoms with Gasteiger partial charge >= 0.3 is 5.97 Å². The maximum atomic E-state index is 10.5. The number of Topliss-reactive ketones (excluding diaryl/α,β-unsaturated/α-hetero) is 1. The van der Waals surface area contributed by atoms with Crippen LogP contribution in [0.1, 0.15) is 13.8 Å². The van der Waals surface area contributed by atoms with Crippen molar-refractivity contribution in [2.45, 2.75) is 20.0 Å². The van der Waals surface area contributed by atoms with Gasteiger partial charge in [-0.05, 0) is 6.92 Å². The van der Waals surface area contributed by atoms with Crippen molar-refractivity contribution in [1.82, 2.24) is 0 Å². The second kappa shape index (κ2) is 4.28. The third kappa shape index (κ3) is 3.45. The monoisotopic (exact) mass is 164 g/mol. The Morgan fingerprint density at radius 3 is 2.40 bits per heavy atom. The van der Waals surface area contributed by atoms with Crippen LogP contribution in [0.4, 0.5) is 0 Å². The summed E-state index contributed by atoms with van der Waals surface area (Å²) < 4.78 is 4.54. The van der Waals surface area contributed by atoms with Gasteiger partial charge in [-0.1, -0.05) is 0 Å². The number of hydrogen-bond acceptors (Lipinski definition) is 3. The van der Waals surface area contributed by atoms with E-state index in [4.69, 9.17) is 11.6 Å². The first-order chi connectivity index (χ1) is 4.57. The van der Waals surface area contributed by atoms with Gasteiger partial charge in [0, 0.05) is 6.92 Å². The van der Waals surface area contributed by atoms with Crippen LogP contribution >= 0.6 is 11.6 Å². The molecule has 0 aromatic carbocycles. The van der Waals surface area contributed by atoms with Crippen molar-refractivity contribution in [1.29, 1.82) is 0 Å². The van der Waals surface area contributed by atoms with Crippen LogP contribution in [0, 0.1) is 0 Å². The van der Waals surface area contributed by atoms with Crippen molar-refractivity contribution in [2.75, 3.05) is 5.88 Å². The number of rotatable bonds is 3. The highest BCUT2D eigenvalue weighted by molar-refractivity contribution is 6.32. The largest absolute Gasteiger partial charge is 0.456 e. The fraction of sp³-hybridized carbons (Fsp3) is 0.667. The van der Waals surface area contributed by atoms with Crippen LogP contribution in [0.15, 0.2) is 0 Å². The number of carbonyl (C=O) groups excluding carboxylic acids is 2. The van der Waals surface area contributed by atoms with E-state index in [0.717, 1.165) is 6.92 Å². The average Bonchev–Trinajstić information content (AvgIpc) is 1.87. The molecule has 0 bridgehead atoms. The van der Waals surface area contributed by atoms with Gasteiger partial charge in [0.1, 0.15) is 6.10 Å². The lowest BCUT2D eigenvalue weighted by atomic mass is 10.4. The Morgan fingerprint density at radius 2 is 2.10 bits per heavy atom. The van der Waals surface area contributed by atoms with E-state index in [1.807, 2.05) is 0 Å². The predicted octanol–water partition coefficient (Wildman–Crippen LogP) is 0.746.